The van der Waals surface area contributed by atoms with Crippen LogP contribution in [0.1, 0.15) is 29.6 Å². The Labute approximate surface area is 152 Å². The number of hydrogen-bond donors (Lipinski definition) is 1. The number of hydrogen-bond acceptors (Lipinski definition) is 5. The lowest BCUT2D eigenvalue weighted by molar-refractivity contribution is -0.384. The summed E-state index contributed by atoms with van der Waals surface area (Å²) < 4.78 is 0. The molecule has 26 heavy (non-hydrogen) atoms. The molecule has 1 atom stereocenters. The number of non-ortho nitro benzene ring substituents is 1. The van der Waals surface area contributed by atoms with Gasteiger partial charge in [-0.15, -0.1) is 0 Å². The molecule has 1 aromatic rings. The molecule has 3 rings (SSSR count). The normalized spacial score (nSPS) is 20.2. The van der Waals surface area contributed by atoms with Crippen molar-refractivity contribution in [3.05, 3.63) is 39.9 Å². The van der Waals surface area contributed by atoms with Gasteiger partial charge in [0.1, 0.15) is 0 Å². The molecule has 1 unspecified atom stereocenters. The van der Waals surface area contributed by atoms with Crippen molar-refractivity contribution >= 4 is 17.5 Å². The van der Waals surface area contributed by atoms with Crippen molar-refractivity contribution in [3.63, 3.8) is 0 Å². The summed E-state index contributed by atoms with van der Waals surface area (Å²) >= 11 is 0. The van der Waals surface area contributed by atoms with E-state index < -0.39 is 4.92 Å². The minimum absolute atomic E-state index is 0.0329. The number of nitrogens with zero attached hydrogens (tertiary/aromatic N) is 3. The van der Waals surface area contributed by atoms with Gasteiger partial charge in [-0.05, 0) is 44.0 Å². The van der Waals surface area contributed by atoms with Crippen LogP contribution in [0.3, 0.4) is 0 Å². The molecule has 2 aliphatic heterocycles. The Morgan fingerprint density at radius 1 is 1.12 bits per heavy atom. The lowest BCUT2D eigenvalue weighted by atomic mass is 10.0. The SMILES string of the molecule is O=C(CCC1CCNC1)N1CCN(C(=O)c2ccc([N+](=O)[O-])cc2)CC1. The molecule has 2 fully saturated rings. The Morgan fingerprint density at radius 3 is 2.35 bits per heavy atom. The largest absolute Gasteiger partial charge is 0.339 e. The summed E-state index contributed by atoms with van der Waals surface area (Å²) in [5.74, 6) is 0.618. The van der Waals surface area contributed by atoms with E-state index in [2.05, 4.69) is 5.32 Å². The maximum absolute atomic E-state index is 12.5. The molecular formula is C18H24N4O4. The fourth-order valence-electron chi connectivity index (χ4n) is 3.51. The third-order valence-electron chi connectivity index (χ3n) is 5.17. The van der Waals surface area contributed by atoms with Crippen molar-refractivity contribution < 1.29 is 14.5 Å². The fraction of sp³-hybridized carbons (Fsp3) is 0.556. The van der Waals surface area contributed by atoms with Crippen LogP contribution in [0.5, 0.6) is 0 Å². The molecule has 2 saturated heterocycles. The van der Waals surface area contributed by atoms with Crippen LogP contribution in [0.15, 0.2) is 24.3 Å². The van der Waals surface area contributed by atoms with Gasteiger partial charge in [0.15, 0.2) is 0 Å². The van der Waals surface area contributed by atoms with Crippen molar-refractivity contribution in [1.29, 1.82) is 0 Å². The number of carbonyl (C=O) groups is 2. The third-order valence-corrected chi connectivity index (χ3v) is 5.17. The highest BCUT2D eigenvalue weighted by molar-refractivity contribution is 5.94. The van der Waals surface area contributed by atoms with E-state index in [9.17, 15) is 19.7 Å². The van der Waals surface area contributed by atoms with E-state index in [-0.39, 0.29) is 17.5 Å². The smallest absolute Gasteiger partial charge is 0.269 e. The number of amides is 2. The Hall–Kier alpha value is -2.48. The molecule has 0 bridgehead atoms. The molecule has 8 nitrogen and oxygen atoms in total. The number of carbonyl (C=O) groups excluding carboxylic acids is 2. The highest BCUT2D eigenvalue weighted by Gasteiger charge is 2.25. The summed E-state index contributed by atoms with van der Waals surface area (Å²) in [6, 6.07) is 5.64. The van der Waals surface area contributed by atoms with E-state index >= 15 is 0 Å². The van der Waals surface area contributed by atoms with Gasteiger partial charge in [0.25, 0.3) is 11.6 Å². The van der Waals surface area contributed by atoms with E-state index in [0.29, 0.717) is 44.1 Å². The number of rotatable bonds is 5. The molecule has 2 amide bonds. The van der Waals surface area contributed by atoms with E-state index in [1.165, 1.54) is 24.3 Å². The van der Waals surface area contributed by atoms with Gasteiger partial charge in [0.05, 0.1) is 4.92 Å². The first-order chi connectivity index (χ1) is 12.5. The zero-order chi connectivity index (χ0) is 18.5. The molecule has 0 spiro atoms. The van der Waals surface area contributed by atoms with Gasteiger partial charge in [-0.2, -0.15) is 0 Å². The second-order valence-corrected chi connectivity index (χ2v) is 6.87. The standard InChI is InChI=1S/C18H24N4O4/c23-17(6-1-14-7-8-19-13-14)20-9-11-21(12-10-20)18(24)15-2-4-16(5-3-15)22(25)26/h2-5,14,19H,1,6-13H2. The second-order valence-electron chi connectivity index (χ2n) is 6.87. The van der Waals surface area contributed by atoms with E-state index in [4.69, 9.17) is 0 Å². The Morgan fingerprint density at radius 2 is 1.77 bits per heavy atom. The average molecular weight is 360 g/mol. The van der Waals surface area contributed by atoms with Gasteiger partial charge in [-0.3, -0.25) is 19.7 Å². The first kappa shape index (κ1) is 18.3. The molecule has 0 saturated carbocycles. The fourth-order valence-corrected chi connectivity index (χ4v) is 3.51. The van der Waals surface area contributed by atoms with E-state index in [1.807, 2.05) is 4.90 Å². The first-order valence-corrected chi connectivity index (χ1v) is 9.07. The summed E-state index contributed by atoms with van der Waals surface area (Å²) in [4.78, 5) is 38.6. The first-order valence-electron chi connectivity index (χ1n) is 9.07. The van der Waals surface area contributed by atoms with Crippen molar-refractivity contribution in [2.45, 2.75) is 19.3 Å². The van der Waals surface area contributed by atoms with E-state index in [1.54, 1.807) is 4.90 Å². The van der Waals surface area contributed by atoms with Crippen molar-refractivity contribution in [2.75, 3.05) is 39.3 Å². The summed E-state index contributed by atoms with van der Waals surface area (Å²) in [7, 11) is 0. The van der Waals surface area contributed by atoms with Crippen LogP contribution in [0.2, 0.25) is 0 Å². The maximum atomic E-state index is 12.5. The number of nitro groups is 1. The molecular weight excluding hydrogens is 336 g/mol. The highest BCUT2D eigenvalue weighted by atomic mass is 16.6. The zero-order valence-corrected chi connectivity index (χ0v) is 14.7. The molecule has 0 radical (unpaired) electrons. The van der Waals surface area contributed by atoms with Gasteiger partial charge in [-0.1, -0.05) is 0 Å². The number of piperazine rings is 1. The van der Waals surface area contributed by atoms with Gasteiger partial charge in [0.2, 0.25) is 5.91 Å². The second kappa shape index (κ2) is 8.27. The van der Waals surface area contributed by atoms with Crippen molar-refractivity contribution in [2.24, 2.45) is 5.92 Å². The van der Waals surface area contributed by atoms with Gasteiger partial charge >= 0.3 is 0 Å². The Bertz CT molecular complexity index is 662. The monoisotopic (exact) mass is 360 g/mol. The molecule has 2 heterocycles. The van der Waals surface area contributed by atoms with E-state index in [0.717, 1.165) is 25.9 Å². The molecule has 1 N–H and O–H groups in total. The molecule has 140 valence electrons. The van der Waals surface area contributed by atoms with Crippen LogP contribution >= 0.6 is 0 Å². The van der Waals surface area contributed by atoms with Crippen molar-refractivity contribution in [1.82, 2.24) is 15.1 Å². The Balaban J connectivity index is 1.47. The average Bonchev–Trinajstić information content (AvgIpc) is 3.19. The quantitative estimate of drug-likeness (QED) is 0.630. The predicted molar refractivity (Wildman–Crippen MR) is 95.8 cm³/mol. The zero-order valence-electron chi connectivity index (χ0n) is 14.7. The summed E-state index contributed by atoms with van der Waals surface area (Å²) in [6.45, 7) is 4.12. The summed E-state index contributed by atoms with van der Waals surface area (Å²) in [6.07, 6.45) is 2.64. The highest BCUT2D eigenvalue weighted by Crippen LogP contribution is 2.17. The molecule has 0 aliphatic carbocycles. The number of nitro benzene ring substituents is 1. The summed E-state index contributed by atoms with van der Waals surface area (Å²) in [5, 5.41) is 14.0. The third kappa shape index (κ3) is 4.37. The summed E-state index contributed by atoms with van der Waals surface area (Å²) in [5.41, 5.74) is 0.401. The van der Waals surface area contributed by atoms with Crippen molar-refractivity contribution in [3.8, 4) is 0 Å². The van der Waals surface area contributed by atoms with Gasteiger partial charge < -0.3 is 15.1 Å². The lowest BCUT2D eigenvalue weighted by Gasteiger charge is -2.35. The number of benzene rings is 1. The van der Waals surface area contributed by atoms with Crippen LogP contribution in [-0.2, 0) is 4.79 Å². The maximum Gasteiger partial charge on any atom is 0.269 e. The predicted octanol–water partition coefficient (Wildman–Crippen LogP) is 1.27. The van der Waals surface area contributed by atoms with Gasteiger partial charge in [-0.25, -0.2) is 0 Å². The van der Waals surface area contributed by atoms with Crippen LogP contribution in [0.4, 0.5) is 5.69 Å². The van der Waals surface area contributed by atoms with Crippen LogP contribution in [0, 0.1) is 16.0 Å². The topological polar surface area (TPSA) is 95.8 Å². The number of nitrogens with one attached hydrogen (secondary N) is 1. The molecule has 0 aromatic heterocycles. The lowest BCUT2D eigenvalue weighted by Crippen LogP contribution is -2.50. The minimum atomic E-state index is -0.486. The Kier molecular flexibility index (Phi) is 5.82. The molecule has 2 aliphatic rings. The van der Waals surface area contributed by atoms with Crippen LogP contribution < -0.4 is 5.32 Å². The van der Waals surface area contributed by atoms with Gasteiger partial charge in [0, 0.05) is 50.3 Å². The molecule has 1 aromatic carbocycles. The minimum Gasteiger partial charge on any atom is -0.339 e. The van der Waals surface area contributed by atoms with Crippen LogP contribution in [-0.4, -0.2) is 65.8 Å². The molecule has 8 heteroatoms. The van der Waals surface area contributed by atoms with Crippen LogP contribution in [0.25, 0.3) is 0 Å².